The average molecular weight is 210 g/mol. The first-order valence-corrected chi connectivity index (χ1v) is 5.66. The van der Waals surface area contributed by atoms with Crippen LogP contribution in [0.15, 0.2) is 0 Å². The molecule has 3 heteroatoms. The third kappa shape index (κ3) is 1.58. The highest BCUT2D eigenvalue weighted by atomic mass is 16.5. The van der Waals surface area contributed by atoms with Crippen molar-refractivity contribution in [3.63, 3.8) is 0 Å². The van der Waals surface area contributed by atoms with Gasteiger partial charge in [0, 0.05) is 5.92 Å². The quantitative estimate of drug-likeness (QED) is 0.523. The van der Waals surface area contributed by atoms with Crippen molar-refractivity contribution < 1.29 is 14.3 Å². The maximum absolute atomic E-state index is 11.6. The Morgan fingerprint density at radius 1 is 1.53 bits per heavy atom. The van der Waals surface area contributed by atoms with Crippen LogP contribution in [0.25, 0.3) is 0 Å². The number of rotatable bonds is 4. The lowest BCUT2D eigenvalue weighted by Gasteiger charge is -2.01. The summed E-state index contributed by atoms with van der Waals surface area (Å²) in [6.07, 6.45) is 1.99. The third-order valence-electron chi connectivity index (χ3n) is 3.98. The largest absolute Gasteiger partial charge is 0.466 e. The highest BCUT2D eigenvalue weighted by Crippen LogP contribution is 2.68. The minimum absolute atomic E-state index is 0.0207. The van der Waals surface area contributed by atoms with E-state index in [1.54, 1.807) is 0 Å². The Morgan fingerprint density at radius 2 is 2.20 bits per heavy atom. The summed E-state index contributed by atoms with van der Waals surface area (Å²) < 4.78 is 5.05. The molecule has 0 radical (unpaired) electrons. The van der Waals surface area contributed by atoms with E-state index in [2.05, 4.69) is 13.8 Å². The molecule has 4 atom stereocenters. The molecule has 2 aliphatic rings. The van der Waals surface area contributed by atoms with E-state index in [4.69, 9.17) is 4.74 Å². The summed E-state index contributed by atoms with van der Waals surface area (Å²) in [4.78, 5) is 22.3. The van der Waals surface area contributed by atoms with Gasteiger partial charge in [-0.05, 0) is 30.6 Å². The van der Waals surface area contributed by atoms with Crippen LogP contribution in [0.1, 0.15) is 27.2 Å². The zero-order valence-corrected chi connectivity index (χ0v) is 9.53. The molecular weight excluding hydrogens is 192 g/mol. The molecule has 84 valence electrons. The topological polar surface area (TPSA) is 43.4 Å². The molecule has 2 rings (SSSR count). The lowest BCUT2D eigenvalue weighted by atomic mass is 10.1. The maximum Gasteiger partial charge on any atom is 0.309 e. The molecule has 2 aliphatic carbocycles. The van der Waals surface area contributed by atoms with E-state index in [-0.39, 0.29) is 23.2 Å². The minimum atomic E-state index is -0.0796. The van der Waals surface area contributed by atoms with Crippen molar-refractivity contribution in [1.82, 2.24) is 0 Å². The monoisotopic (exact) mass is 210 g/mol. The van der Waals surface area contributed by atoms with E-state index in [0.717, 1.165) is 12.7 Å². The lowest BCUT2D eigenvalue weighted by molar-refractivity contribution is -0.145. The first-order valence-electron chi connectivity index (χ1n) is 5.66. The van der Waals surface area contributed by atoms with E-state index in [9.17, 15) is 9.59 Å². The van der Waals surface area contributed by atoms with E-state index >= 15 is 0 Å². The molecule has 0 N–H and O–H groups in total. The van der Waals surface area contributed by atoms with Crippen LogP contribution >= 0.6 is 0 Å². The number of esters is 1. The van der Waals surface area contributed by atoms with Crippen LogP contribution in [0.3, 0.4) is 0 Å². The van der Waals surface area contributed by atoms with E-state index in [1.807, 2.05) is 6.92 Å². The molecule has 0 unspecified atom stereocenters. The third-order valence-corrected chi connectivity index (χ3v) is 3.98. The molecule has 0 heterocycles. The first kappa shape index (κ1) is 10.7. The summed E-state index contributed by atoms with van der Waals surface area (Å²) >= 11 is 0. The highest BCUT2D eigenvalue weighted by Gasteiger charge is 2.69. The van der Waals surface area contributed by atoms with Gasteiger partial charge in [0.15, 0.2) is 0 Å². The van der Waals surface area contributed by atoms with Crippen molar-refractivity contribution in [3.05, 3.63) is 0 Å². The first-order chi connectivity index (χ1) is 7.04. The van der Waals surface area contributed by atoms with Gasteiger partial charge in [0.05, 0.1) is 12.5 Å². The summed E-state index contributed by atoms with van der Waals surface area (Å²) in [5.74, 6) is 0.948. The van der Waals surface area contributed by atoms with Crippen molar-refractivity contribution in [2.24, 2.45) is 29.1 Å². The zero-order chi connectivity index (χ0) is 11.2. The normalized spacial score (nSPS) is 40.7. The average Bonchev–Trinajstić information content (AvgIpc) is 3.00. The molecule has 3 nitrogen and oxygen atoms in total. The molecule has 0 aliphatic heterocycles. The molecular formula is C12H18O3. The van der Waals surface area contributed by atoms with Crippen molar-refractivity contribution in [2.75, 3.05) is 6.61 Å². The molecule has 2 fully saturated rings. The highest BCUT2D eigenvalue weighted by molar-refractivity contribution is 5.78. The zero-order valence-electron chi connectivity index (χ0n) is 9.53. The molecule has 0 aromatic rings. The molecule has 15 heavy (non-hydrogen) atoms. The van der Waals surface area contributed by atoms with Gasteiger partial charge in [-0.3, -0.25) is 4.79 Å². The molecule has 0 amide bonds. The number of ether oxygens (including phenoxy) is 1. The fraction of sp³-hybridized carbons (Fsp3) is 0.833. The van der Waals surface area contributed by atoms with Crippen LogP contribution < -0.4 is 0 Å². The van der Waals surface area contributed by atoms with Gasteiger partial charge in [0.25, 0.3) is 0 Å². The second-order valence-electron chi connectivity index (χ2n) is 5.28. The summed E-state index contributed by atoms with van der Waals surface area (Å²) in [5, 5.41) is 0. The Labute approximate surface area is 90.2 Å². The standard InChI is InChI=1S/C12H18O3/c1-4-15-11(14)10-9(12(10,2)3)8-5-7(8)6-13/h6-10H,4-5H2,1-3H3/t7-,8+,9-,10-/m0/s1. The lowest BCUT2D eigenvalue weighted by Crippen LogP contribution is -2.10. The van der Waals surface area contributed by atoms with Crippen molar-refractivity contribution in [3.8, 4) is 0 Å². The molecule has 0 saturated heterocycles. The Hall–Kier alpha value is -0.860. The number of hydrogen-bond acceptors (Lipinski definition) is 3. The second-order valence-corrected chi connectivity index (χ2v) is 5.28. The van der Waals surface area contributed by atoms with Gasteiger partial charge in [-0.2, -0.15) is 0 Å². The predicted octanol–water partition coefficient (Wildman–Crippen LogP) is 1.66. The molecule has 2 saturated carbocycles. The molecule has 0 aromatic carbocycles. The van der Waals surface area contributed by atoms with Gasteiger partial charge in [0.1, 0.15) is 6.29 Å². The van der Waals surface area contributed by atoms with Crippen LogP contribution in [-0.2, 0) is 14.3 Å². The van der Waals surface area contributed by atoms with E-state index < -0.39 is 0 Å². The molecule has 0 spiro atoms. The Morgan fingerprint density at radius 3 is 2.67 bits per heavy atom. The van der Waals surface area contributed by atoms with Crippen LogP contribution in [0.2, 0.25) is 0 Å². The van der Waals surface area contributed by atoms with Crippen LogP contribution in [0.5, 0.6) is 0 Å². The van der Waals surface area contributed by atoms with Crippen molar-refractivity contribution >= 4 is 12.3 Å². The van der Waals surface area contributed by atoms with Gasteiger partial charge >= 0.3 is 5.97 Å². The van der Waals surface area contributed by atoms with Gasteiger partial charge in [-0.25, -0.2) is 0 Å². The van der Waals surface area contributed by atoms with Gasteiger partial charge in [-0.1, -0.05) is 13.8 Å². The minimum Gasteiger partial charge on any atom is -0.466 e. The Kier molecular flexibility index (Phi) is 2.36. The fourth-order valence-corrected chi connectivity index (χ4v) is 2.96. The Balaban J connectivity index is 1.98. The van der Waals surface area contributed by atoms with Gasteiger partial charge < -0.3 is 9.53 Å². The SMILES string of the molecule is CCOC(=O)[C@@H]1[C@H]([C@@H]2C[C@H]2C=O)C1(C)C. The fourth-order valence-electron chi connectivity index (χ4n) is 2.96. The second kappa shape index (κ2) is 3.32. The van der Waals surface area contributed by atoms with Crippen molar-refractivity contribution in [2.45, 2.75) is 27.2 Å². The predicted molar refractivity (Wildman–Crippen MR) is 55.1 cm³/mol. The van der Waals surface area contributed by atoms with Crippen LogP contribution in [-0.4, -0.2) is 18.9 Å². The van der Waals surface area contributed by atoms with Gasteiger partial charge in [0.2, 0.25) is 0 Å². The number of carbonyl (C=O) groups is 2. The summed E-state index contributed by atoms with van der Waals surface area (Å²) in [6.45, 7) is 6.46. The number of carbonyl (C=O) groups excluding carboxylic acids is 2. The van der Waals surface area contributed by atoms with Crippen LogP contribution in [0, 0.1) is 29.1 Å². The smallest absolute Gasteiger partial charge is 0.309 e. The number of hydrogen-bond donors (Lipinski definition) is 0. The molecule has 0 aromatic heterocycles. The summed E-state index contributed by atoms with van der Waals surface area (Å²) in [7, 11) is 0. The molecule has 0 bridgehead atoms. The van der Waals surface area contributed by atoms with Crippen LogP contribution in [0.4, 0.5) is 0 Å². The van der Waals surface area contributed by atoms with Crippen molar-refractivity contribution in [1.29, 1.82) is 0 Å². The Bertz CT molecular complexity index is 295. The number of aldehydes is 1. The van der Waals surface area contributed by atoms with E-state index in [0.29, 0.717) is 18.4 Å². The maximum atomic E-state index is 11.6. The van der Waals surface area contributed by atoms with Gasteiger partial charge in [-0.15, -0.1) is 0 Å². The van der Waals surface area contributed by atoms with E-state index in [1.165, 1.54) is 0 Å². The summed E-state index contributed by atoms with van der Waals surface area (Å²) in [5.41, 5.74) is 0.0364. The summed E-state index contributed by atoms with van der Waals surface area (Å²) in [6, 6.07) is 0.